The van der Waals surface area contributed by atoms with Crippen LogP contribution in [0, 0.1) is 0 Å². The molecule has 1 aromatic heterocycles. The van der Waals surface area contributed by atoms with E-state index in [1.807, 2.05) is 24.3 Å². The van der Waals surface area contributed by atoms with Crippen molar-refractivity contribution in [3.63, 3.8) is 0 Å². The molecule has 0 spiro atoms. The number of rotatable bonds is 9. The third kappa shape index (κ3) is 6.60. The molecule has 146 valence electrons. The van der Waals surface area contributed by atoms with Crippen molar-refractivity contribution in [3.8, 4) is 0 Å². The minimum absolute atomic E-state index is 0.245. The van der Waals surface area contributed by atoms with Gasteiger partial charge in [0.05, 0.1) is 18.8 Å². The summed E-state index contributed by atoms with van der Waals surface area (Å²) in [4.78, 5) is 30.5. The van der Waals surface area contributed by atoms with E-state index in [0.29, 0.717) is 43.4 Å². The van der Waals surface area contributed by atoms with E-state index in [-0.39, 0.29) is 11.7 Å². The molecule has 0 saturated heterocycles. The smallest absolute Gasteiger partial charge is 0.357 e. The molecule has 27 heavy (non-hydrogen) atoms. The number of aromatic nitrogens is 1. The number of urea groups is 1. The molecule has 0 atom stereocenters. The van der Waals surface area contributed by atoms with Crippen LogP contribution in [0.1, 0.15) is 28.8 Å². The molecule has 2 amide bonds. The van der Waals surface area contributed by atoms with Crippen molar-refractivity contribution in [2.24, 2.45) is 0 Å². The van der Waals surface area contributed by atoms with Gasteiger partial charge in [0.2, 0.25) is 0 Å². The topological polar surface area (TPSA) is 80.8 Å². The number of methoxy groups -OCH3 is 1. The minimum atomic E-state index is -0.455. The highest BCUT2D eigenvalue weighted by atomic mass is 79.9. The number of para-hydroxylation sites is 1. The minimum Gasteiger partial charge on any atom is -0.461 e. The maximum Gasteiger partial charge on any atom is 0.357 e. The van der Waals surface area contributed by atoms with E-state index < -0.39 is 5.97 Å². The van der Waals surface area contributed by atoms with Gasteiger partial charge in [-0.1, -0.05) is 12.1 Å². The first-order valence-electron chi connectivity index (χ1n) is 8.46. The summed E-state index contributed by atoms with van der Waals surface area (Å²) in [6.45, 7) is 3.38. The van der Waals surface area contributed by atoms with Crippen LogP contribution in [-0.4, -0.2) is 48.8 Å². The first-order chi connectivity index (χ1) is 13.0. The number of ether oxygens (including phenoxy) is 2. The highest BCUT2D eigenvalue weighted by molar-refractivity contribution is 9.10. The van der Waals surface area contributed by atoms with Crippen LogP contribution in [-0.2, 0) is 16.0 Å². The van der Waals surface area contributed by atoms with Crippen LogP contribution < -0.4 is 5.32 Å². The average molecular weight is 456 g/mol. The summed E-state index contributed by atoms with van der Waals surface area (Å²) in [6, 6.07) is 7.16. The van der Waals surface area contributed by atoms with Gasteiger partial charge in [0.25, 0.3) is 0 Å². The van der Waals surface area contributed by atoms with E-state index in [4.69, 9.17) is 9.47 Å². The monoisotopic (exact) mass is 455 g/mol. The van der Waals surface area contributed by atoms with Crippen LogP contribution in [0.3, 0.4) is 0 Å². The lowest BCUT2D eigenvalue weighted by atomic mass is 10.3. The highest BCUT2D eigenvalue weighted by Gasteiger charge is 2.18. The molecular weight excluding hydrogens is 434 g/mol. The Hall–Kier alpha value is -1.97. The number of halogens is 1. The Morgan fingerprint density at radius 1 is 1.33 bits per heavy atom. The summed E-state index contributed by atoms with van der Waals surface area (Å²) in [5, 5.41) is 5.20. The molecule has 2 aromatic rings. The average Bonchev–Trinajstić information content (AvgIpc) is 3.12. The zero-order chi connectivity index (χ0) is 19.6. The van der Waals surface area contributed by atoms with Gasteiger partial charge >= 0.3 is 12.0 Å². The number of nitrogens with zero attached hydrogens (tertiary/aromatic N) is 2. The van der Waals surface area contributed by atoms with Gasteiger partial charge in [-0.3, -0.25) is 0 Å². The Kier molecular flexibility index (Phi) is 8.70. The molecule has 1 N–H and O–H groups in total. The lowest BCUT2D eigenvalue weighted by Crippen LogP contribution is -2.35. The van der Waals surface area contributed by atoms with Crippen molar-refractivity contribution in [2.75, 3.05) is 32.2 Å². The predicted molar refractivity (Wildman–Crippen MR) is 108 cm³/mol. The highest BCUT2D eigenvalue weighted by Crippen LogP contribution is 2.22. The summed E-state index contributed by atoms with van der Waals surface area (Å²) in [5.41, 5.74) is 0.950. The first-order valence-corrected chi connectivity index (χ1v) is 10.1. The number of esters is 1. The Bertz CT molecular complexity index is 769. The maximum absolute atomic E-state index is 12.7. The van der Waals surface area contributed by atoms with Crippen LogP contribution in [0.25, 0.3) is 0 Å². The van der Waals surface area contributed by atoms with Crippen molar-refractivity contribution < 1.29 is 19.1 Å². The molecule has 0 bridgehead atoms. The van der Waals surface area contributed by atoms with E-state index >= 15 is 0 Å². The molecule has 7 nitrogen and oxygen atoms in total. The van der Waals surface area contributed by atoms with E-state index in [2.05, 4.69) is 26.2 Å². The molecule has 9 heteroatoms. The van der Waals surface area contributed by atoms with Crippen LogP contribution in [0.4, 0.5) is 10.5 Å². The summed E-state index contributed by atoms with van der Waals surface area (Å²) in [6.07, 6.45) is 0.690. The Morgan fingerprint density at radius 3 is 2.81 bits per heavy atom. The van der Waals surface area contributed by atoms with Gasteiger partial charge in [-0.05, 0) is 41.4 Å². The van der Waals surface area contributed by atoms with Gasteiger partial charge in [0, 0.05) is 30.1 Å². The lowest BCUT2D eigenvalue weighted by molar-refractivity contribution is 0.0520. The fourth-order valence-electron chi connectivity index (χ4n) is 2.25. The Labute approximate surface area is 170 Å². The number of anilines is 1. The fraction of sp³-hybridized carbons (Fsp3) is 0.389. The normalized spacial score (nSPS) is 10.5. The molecule has 0 saturated carbocycles. The molecule has 0 fully saturated rings. The molecular formula is C18H22BrN3O4S. The van der Waals surface area contributed by atoms with Crippen LogP contribution >= 0.6 is 27.3 Å². The van der Waals surface area contributed by atoms with Crippen molar-refractivity contribution >= 4 is 45.0 Å². The largest absolute Gasteiger partial charge is 0.461 e. The van der Waals surface area contributed by atoms with Crippen molar-refractivity contribution in [1.29, 1.82) is 0 Å². The molecule has 1 heterocycles. The Balaban J connectivity index is 2.08. The second-order valence-corrected chi connectivity index (χ2v) is 7.32. The molecule has 2 rings (SSSR count). The van der Waals surface area contributed by atoms with Crippen LogP contribution in [0.5, 0.6) is 0 Å². The number of nitrogens with one attached hydrogen (secondary N) is 1. The van der Waals surface area contributed by atoms with E-state index in [9.17, 15) is 9.59 Å². The SMILES string of the molecule is CCOC(=O)c1csc(CN(CCCOC)C(=O)Nc2ccccc2Br)n1. The zero-order valence-corrected chi connectivity index (χ0v) is 17.6. The number of hydrogen-bond acceptors (Lipinski definition) is 6. The predicted octanol–water partition coefficient (Wildman–Crippen LogP) is 4.15. The third-order valence-corrected chi connectivity index (χ3v) is 5.07. The number of amides is 2. The zero-order valence-electron chi connectivity index (χ0n) is 15.2. The number of carbonyl (C=O) groups is 2. The number of hydrogen-bond donors (Lipinski definition) is 1. The van der Waals surface area contributed by atoms with Gasteiger partial charge in [-0.25, -0.2) is 14.6 Å². The molecule has 0 aliphatic rings. The molecule has 0 unspecified atom stereocenters. The fourth-order valence-corrected chi connectivity index (χ4v) is 3.42. The number of carbonyl (C=O) groups excluding carboxylic acids is 2. The molecule has 0 radical (unpaired) electrons. The standard InChI is InChI=1S/C18H22BrN3O4S/c1-3-26-17(23)15-12-27-16(20-15)11-22(9-6-10-25-2)18(24)21-14-8-5-4-7-13(14)19/h4-5,7-8,12H,3,6,9-11H2,1-2H3,(H,21,24). The van der Waals surface area contributed by atoms with E-state index in [1.165, 1.54) is 11.3 Å². The lowest BCUT2D eigenvalue weighted by Gasteiger charge is -2.22. The van der Waals surface area contributed by atoms with Gasteiger partial charge < -0.3 is 19.7 Å². The number of benzene rings is 1. The summed E-state index contributed by atoms with van der Waals surface area (Å²) in [5.74, 6) is -0.455. The van der Waals surface area contributed by atoms with Gasteiger partial charge in [0.1, 0.15) is 5.01 Å². The van der Waals surface area contributed by atoms with Crippen molar-refractivity contribution in [1.82, 2.24) is 9.88 Å². The summed E-state index contributed by atoms with van der Waals surface area (Å²) >= 11 is 4.75. The molecule has 1 aromatic carbocycles. The van der Waals surface area contributed by atoms with Crippen molar-refractivity contribution in [2.45, 2.75) is 19.9 Å². The van der Waals surface area contributed by atoms with Gasteiger partial charge in [0.15, 0.2) is 5.69 Å². The molecule has 0 aliphatic carbocycles. The quantitative estimate of drug-likeness (QED) is 0.453. The Morgan fingerprint density at radius 2 is 2.11 bits per heavy atom. The van der Waals surface area contributed by atoms with Gasteiger partial charge in [-0.2, -0.15) is 0 Å². The summed E-state index contributed by atoms with van der Waals surface area (Å²) in [7, 11) is 1.62. The third-order valence-electron chi connectivity index (χ3n) is 3.54. The van der Waals surface area contributed by atoms with Crippen molar-refractivity contribution in [3.05, 3.63) is 44.8 Å². The van der Waals surface area contributed by atoms with E-state index in [1.54, 1.807) is 24.3 Å². The maximum atomic E-state index is 12.7. The van der Waals surface area contributed by atoms with Crippen LogP contribution in [0.2, 0.25) is 0 Å². The van der Waals surface area contributed by atoms with Gasteiger partial charge in [-0.15, -0.1) is 11.3 Å². The first kappa shape index (κ1) is 21.3. The molecule has 0 aliphatic heterocycles. The second-order valence-electron chi connectivity index (χ2n) is 5.52. The number of thiazole rings is 1. The van der Waals surface area contributed by atoms with Crippen LogP contribution in [0.15, 0.2) is 34.1 Å². The summed E-state index contributed by atoms with van der Waals surface area (Å²) < 4.78 is 10.8. The van der Waals surface area contributed by atoms with E-state index in [0.717, 1.165) is 4.47 Å². The second kappa shape index (κ2) is 11.0.